The molecule has 0 N–H and O–H groups in total. The van der Waals surface area contributed by atoms with Gasteiger partial charge in [-0.15, -0.1) is 0 Å². The van der Waals surface area contributed by atoms with Gasteiger partial charge in [-0.25, -0.2) is 0 Å². The first-order valence-corrected chi connectivity index (χ1v) is 18.7. The van der Waals surface area contributed by atoms with Crippen molar-refractivity contribution < 1.29 is 0 Å². The van der Waals surface area contributed by atoms with Gasteiger partial charge >= 0.3 is 0 Å². The molecule has 2 unspecified atom stereocenters. The molecule has 4 aromatic rings. The van der Waals surface area contributed by atoms with E-state index in [1.807, 2.05) is 0 Å². The lowest BCUT2D eigenvalue weighted by Crippen LogP contribution is -2.33. The van der Waals surface area contributed by atoms with Crippen LogP contribution in [0.1, 0.15) is 81.5 Å². The Bertz CT molecular complexity index is 1960. The van der Waals surface area contributed by atoms with Crippen LogP contribution in [-0.4, -0.2) is 6.04 Å². The van der Waals surface area contributed by atoms with Gasteiger partial charge in [0.15, 0.2) is 0 Å². The summed E-state index contributed by atoms with van der Waals surface area (Å²) in [6, 6.07) is 36.4. The molecule has 0 spiro atoms. The fourth-order valence-electron chi connectivity index (χ4n) is 9.03. The van der Waals surface area contributed by atoms with E-state index in [1.54, 1.807) is 11.1 Å². The molecule has 2 atom stereocenters. The molecule has 2 heteroatoms. The lowest BCUT2D eigenvalue weighted by atomic mass is 9.82. The fourth-order valence-corrected chi connectivity index (χ4v) is 9.03. The first kappa shape index (κ1) is 31.7. The van der Waals surface area contributed by atoms with Crippen molar-refractivity contribution in [3.05, 3.63) is 166 Å². The molecule has 4 aromatic carbocycles. The summed E-state index contributed by atoms with van der Waals surface area (Å²) >= 11 is 0. The van der Waals surface area contributed by atoms with E-state index >= 15 is 0 Å². The van der Waals surface area contributed by atoms with Crippen molar-refractivity contribution >= 4 is 22.7 Å². The number of para-hydroxylation sites is 2. The van der Waals surface area contributed by atoms with E-state index in [-0.39, 0.29) is 6.04 Å². The maximum Gasteiger partial charge on any atom is 0.0562 e. The fraction of sp³-hybridized carbons (Fsp3) is 0.319. The summed E-state index contributed by atoms with van der Waals surface area (Å²) in [5.41, 5.74) is 18.7. The highest BCUT2D eigenvalue weighted by molar-refractivity contribution is 5.74. The lowest BCUT2D eigenvalue weighted by Gasteiger charge is -2.38. The molecule has 2 nitrogen and oxygen atoms in total. The third kappa shape index (κ3) is 6.23. The highest BCUT2D eigenvalue weighted by Gasteiger charge is 2.29. The van der Waals surface area contributed by atoms with Gasteiger partial charge in [-0.2, -0.15) is 0 Å². The number of allylic oxidation sites excluding steroid dienone is 6. The van der Waals surface area contributed by atoms with Crippen molar-refractivity contribution in [3.8, 4) is 0 Å². The topological polar surface area (TPSA) is 6.48 Å². The van der Waals surface area contributed by atoms with E-state index in [1.165, 1.54) is 100 Å². The first-order chi connectivity index (χ1) is 24.0. The molecule has 248 valence electrons. The van der Waals surface area contributed by atoms with Crippen LogP contribution >= 0.6 is 0 Å². The zero-order valence-corrected chi connectivity index (χ0v) is 29.6. The minimum Gasteiger partial charge on any atom is -0.334 e. The van der Waals surface area contributed by atoms with Gasteiger partial charge in [-0.1, -0.05) is 85.3 Å². The van der Waals surface area contributed by atoms with Crippen LogP contribution in [0.5, 0.6) is 0 Å². The van der Waals surface area contributed by atoms with Crippen molar-refractivity contribution in [3.63, 3.8) is 0 Å². The predicted molar refractivity (Wildman–Crippen MR) is 208 cm³/mol. The third-order valence-corrected chi connectivity index (χ3v) is 11.5. The largest absolute Gasteiger partial charge is 0.334 e. The Hall–Kier alpha value is -4.56. The molecule has 4 aliphatic carbocycles. The van der Waals surface area contributed by atoms with E-state index in [2.05, 4.69) is 146 Å². The van der Waals surface area contributed by atoms with Crippen LogP contribution in [0.25, 0.3) is 0 Å². The summed E-state index contributed by atoms with van der Waals surface area (Å²) in [7, 11) is 0. The molecule has 0 amide bonds. The summed E-state index contributed by atoms with van der Waals surface area (Å²) in [5.74, 6) is 0.727. The predicted octanol–water partition coefficient (Wildman–Crippen LogP) is 12.3. The summed E-state index contributed by atoms with van der Waals surface area (Å²) in [4.78, 5) is 5.20. The zero-order chi connectivity index (χ0) is 33.3. The Labute approximate surface area is 294 Å². The zero-order valence-electron chi connectivity index (χ0n) is 29.6. The number of fused-ring (bicyclic) bond motifs is 2. The standard InChI is InChI=1S/C47H50N2/c1-33-24-25-37-16-13-23-47(45(37)30-33)49(39-19-8-5-9-20-39)41-27-29-43(35(3)32-41)42-28-26-40(31-34(42)2)48(38-17-6-4-7-18-38)46-22-12-15-36-14-10-11-21-44(36)46/h4-9,12-13,15-20,22-23,27,29,31,33,41H,10-11,14,21,24-26,28,30,32H2,1-3H3. The Morgan fingerprint density at radius 1 is 0.612 bits per heavy atom. The maximum atomic E-state index is 2.63. The van der Waals surface area contributed by atoms with Crippen LogP contribution in [0, 0.1) is 5.92 Å². The van der Waals surface area contributed by atoms with Gasteiger partial charge in [0.1, 0.15) is 0 Å². The molecule has 8 rings (SSSR count). The van der Waals surface area contributed by atoms with Crippen LogP contribution in [0.15, 0.2) is 143 Å². The SMILES string of the molecule is CC1=C(C2=C(C)CC(N(c3ccccc3)c3cccc4c3CC(C)CC4)C=C2)CCC(N(c2ccccc2)c2cccc3c2CCCC3)=C1. The van der Waals surface area contributed by atoms with E-state index < -0.39 is 0 Å². The molecule has 0 aliphatic heterocycles. The van der Waals surface area contributed by atoms with Crippen LogP contribution in [0.4, 0.5) is 22.7 Å². The van der Waals surface area contributed by atoms with Gasteiger partial charge in [0, 0.05) is 28.4 Å². The minimum absolute atomic E-state index is 0.281. The molecule has 4 aliphatic rings. The second-order valence-electron chi connectivity index (χ2n) is 14.9. The Morgan fingerprint density at radius 3 is 2.04 bits per heavy atom. The van der Waals surface area contributed by atoms with E-state index in [4.69, 9.17) is 0 Å². The van der Waals surface area contributed by atoms with Gasteiger partial charge in [0.05, 0.1) is 6.04 Å². The Balaban J connectivity index is 1.13. The molecule has 0 saturated carbocycles. The number of nitrogens with zero attached hydrogens (tertiary/aromatic N) is 2. The number of rotatable bonds is 7. The van der Waals surface area contributed by atoms with Gasteiger partial charge in [0.25, 0.3) is 0 Å². The van der Waals surface area contributed by atoms with Gasteiger partial charge < -0.3 is 9.80 Å². The second-order valence-corrected chi connectivity index (χ2v) is 14.9. The molecule has 0 bridgehead atoms. The molecule has 49 heavy (non-hydrogen) atoms. The van der Waals surface area contributed by atoms with Crippen molar-refractivity contribution in [2.75, 3.05) is 9.80 Å². The van der Waals surface area contributed by atoms with Gasteiger partial charge in [-0.3, -0.25) is 0 Å². The second kappa shape index (κ2) is 13.7. The quantitative estimate of drug-likeness (QED) is 0.198. The van der Waals surface area contributed by atoms with Gasteiger partial charge in [-0.05, 0) is 165 Å². The number of hydrogen-bond donors (Lipinski definition) is 0. The molecular formula is C47H50N2. The van der Waals surface area contributed by atoms with Crippen LogP contribution in [0.3, 0.4) is 0 Å². The summed E-state index contributed by atoms with van der Waals surface area (Å²) in [6.45, 7) is 7.13. The van der Waals surface area contributed by atoms with E-state index in [0.29, 0.717) is 0 Å². The number of benzene rings is 4. The highest BCUT2D eigenvalue weighted by atomic mass is 15.2. The van der Waals surface area contributed by atoms with E-state index in [0.717, 1.165) is 31.6 Å². The van der Waals surface area contributed by atoms with E-state index in [9.17, 15) is 0 Å². The minimum atomic E-state index is 0.281. The summed E-state index contributed by atoms with van der Waals surface area (Å²) < 4.78 is 0. The average molecular weight is 643 g/mol. The van der Waals surface area contributed by atoms with Crippen molar-refractivity contribution in [1.82, 2.24) is 0 Å². The van der Waals surface area contributed by atoms with Crippen molar-refractivity contribution in [2.24, 2.45) is 5.92 Å². The van der Waals surface area contributed by atoms with Crippen LogP contribution in [0.2, 0.25) is 0 Å². The van der Waals surface area contributed by atoms with Crippen LogP contribution in [-0.2, 0) is 25.7 Å². The Kier molecular flexibility index (Phi) is 8.89. The normalized spacial score (nSPS) is 20.4. The number of anilines is 4. The highest BCUT2D eigenvalue weighted by Crippen LogP contribution is 2.44. The van der Waals surface area contributed by atoms with Gasteiger partial charge in [0.2, 0.25) is 0 Å². The smallest absolute Gasteiger partial charge is 0.0562 e. The molecule has 0 fully saturated rings. The number of aryl methyl sites for hydroxylation is 2. The summed E-state index contributed by atoms with van der Waals surface area (Å²) in [5, 5.41) is 0. The maximum absolute atomic E-state index is 2.63. The molecule has 0 saturated heterocycles. The monoisotopic (exact) mass is 642 g/mol. The molecule has 0 aromatic heterocycles. The Morgan fingerprint density at radius 2 is 1.31 bits per heavy atom. The first-order valence-electron chi connectivity index (χ1n) is 18.7. The van der Waals surface area contributed by atoms with Crippen LogP contribution < -0.4 is 9.80 Å². The molecule has 0 heterocycles. The summed E-state index contributed by atoms with van der Waals surface area (Å²) in [6.07, 6.45) is 19.1. The van der Waals surface area contributed by atoms with Crippen molar-refractivity contribution in [2.45, 2.75) is 91.0 Å². The third-order valence-electron chi connectivity index (χ3n) is 11.5. The van der Waals surface area contributed by atoms with Crippen molar-refractivity contribution in [1.29, 1.82) is 0 Å². The molecule has 0 radical (unpaired) electrons. The molecular weight excluding hydrogens is 593 g/mol. The average Bonchev–Trinajstić information content (AvgIpc) is 3.13. The lowest BCUT2D eigenvalue weighted by molar-refractivity contribution is 0.500. The number of hydrogen-bond acceptors (Lipinski definition) is 2.